The summed E-state index contributed by atoms with van der Waals surface area (Å²) >= 11 is 6.96. The van der Waals surface area contributed by atoms with Gasteiger partial charge in [0.15, 0.2) is 0 Å². The number of methoxy groups -OCH3 is 1. The molecule has 1 aromatic heterocycles. The SMILES string of the molecule is CC.COc1ccccc1C1CCN(c2nc(C3CC3)nc3ccc(N(C)CCO)c(Cl)c23)CC1. The minimum absolute atomic E-state index is 0.0747. The van der Waals surface area contributed by atoms with Gasteiger partial charge in [0.2, 0.25) is 0 Å². The van der Waals surface area contributed by atoms with Crippen LogP contribution < -0.4 is 14.5 Å². The van der Waals surface area contributed by atoms with Crippen molar-refractivity contribution in [3.05, 3.63) is 52.8 Å². The van der Waals surface area contributed by atoms with Crippen LogP contribution in [0.1, 0.15) is 62.8 Å². The second kappa shape index (κ2) is 11.4. The third-order valence-electron chi connectivity index (χ3n) is 6.94. The number of anilines is 2. The van der Waals surface area contributed by atoms with Gasteiger partial charge in [0.1, 0.15) is 17.4 Å². The first kappa shape index (κ1) is 25.5. The smallest absolute Gasteiger partial charge is 0.141 e. The fraction of sp³-hybridized carbons (Fsp3) is 0.500. The molecule has 0 unspecified atom stereocenters. The second-order valence-corrected chi connectivity index (χ2v) is 9.50. The maximum atomic E-state index is 9.39. The van der Waals surface area contributed by atoms with Crippen LogP contribution in [0.25, 0.3) is 10.9 Å². The minimum atomic E-state index is 0.0747. The van der Waals surface area contributed by atoms with E-state index in [0.717, 1.165) is 72.8 Å². The summed E-state index contributed by atoms with van der Waals surface area (Å²) in [6.07, 6.45) is 4.39. The molecule has 2 aliphatic rings. The van der Waals surface area contributed by atoms with E-state index in [1.54, 1.807) is 7.11 Å². The van der Waals surface area contributed by atoms with Gasteiger partial charge >= 0.3 is 0 Å². The van der Waals surface area contributed by atoms with Gasteiger partial charge in [-0.3, -0.25) is 0 Å². The van der Waals surface area contributed by atoms with Crippen molar-refractivity contribution in [2.75, 3.05) is 50.2 Å². The fourth-order valence-corrected chi connectivity index (χ4v) is 5.29. The van der Waals surface area contributed by atoms with E-state index in [-0.39, 0.29) is 6.61 Å². The standard InChI is InChI=1S/C26H31ClN4O2.C2H6/c1-30(15-16-32)21-10-9-20-23(24(21)27)26(29-25(28-20)18-7-8-18)31-13-11-17(12-14-31)19-5-3-4-6-22(19)33-2;1-2/h3-6,9-10,17-18,32H,7-8,11-16H2,1-2H3;1-2H3. The molecule has 6 nitrogen and oxygen atoms in total. The molecular weight excluding hydrogens is 460 g/mol. The molecule has 0 atom stereocenters. The Kier molecular flexibility index (Phi) is 8.34. The molecule has 1 aliphatic heterocycles. The molecular formula is C28H37ClN4O2. The quantitative estimate of drug-likeness (QED) is 0.432. The molecule has 7 heteroatoms. The lowest BCUT2D eigenvalue weighted by Crippen LogP contribution is -2.34. The third-order valence-corrected chi connectivity index (χ3v) is 7.32. The predicted octanol–water partition coefficient (Wildman–Crippen LogP) is 6.01. The first-order valence-corrected chi connectivity index (χ1v) is 13.2. The van der Waals surface area contributed by atoms with Gasteiger partial charge in [-0.1, -0.05) is 43.6 Å². The number of hydrogen-bond acceptors (Lipinski definition) is 6. The van der Waals surface area contributed by atoms with Crippen molar-refractivity contribution in [3.63, 3.8) is 0 Å². The number of fused-ring (bicyclic) bond motifs is 1. The zero-order chi connectivity index (χ0) is 24.9. The van der Waals surface area contributed by atoms with Gasteiger partial charge in [0.05, 0.1) is 35.3 Å². The molecule has 0 bridgehead atoms. The van der Waals surface area contributed by atoms with Crippen LogP contribution in [-0.2, 0) is 0 Å². The molecule has 2 heterocycles. The van der Waals surface area contributed by atoms with Crippen molar-refractivity contribution in [3.8, 4) is 5.75 Å². The molecule has 35 heavy (non-hydrogen) atoms. The molecule has 3 aromatic rings. The number of likely N-dealkylation sites (N-methyl/N-ethyl adjacent to an activating group) is 1. The Morgan fingerprint density at radius 3 is 2.40 bits per heavy atom. The predicted molar refractivity (Wildman–Crippen MR) is 145 cm³/mol. The van der Waals surface area contributed by atoms with Gasteiger partial charge in [-0.25, -0.2) is 9.97 Å². The van der Waals surface area contributed by atoms with Gasteiger partial charge in [0, 0.05) is 32.6 Å². The molecule has 1 aliphatic carbocycles. The van der Waals surface area contributed by atoms with E-state index in [1.807, 2.05) is 50.1 Å². The highest BCUT2D eigenvalue weighted by atomic mass is 35.5. The van der Waals surface area contributed by atoms with E-state index in [0.29, 0.717) is 23.4 Å². The number of hydrogen-bond donors (Lipinski definition) is 1. The number of benzene rings is 2. The van der Waals surface area contributed by atoms with E-state index in [2.05, 4.69) is 17.0 Å². The highest BCUT2D eigenvalue weighted by Crippen LogP contribution is 2.44. The number of aromatic nitrogens is 2. The molecule has 2 fully saturated rings. The van der Waals surface area contributed by atoms with Crippen molar-refractivity contribution in [2.45, 2.75) is 51.4 Å². The first-order valence-electron chi connectivity index (χ1n) is 12.8. The summed E-state index contributed by atoms with van der Waals surface area (Å²) in [7, 11) is 3.69. The van der Waals surface area contributed by atoms with Gasteiger partial charge in [0.25, 0.3) is 0 Å². The van der Waals surface area contributed by atoms with Crippen molar-refractivity contribution in [2.24, 2.45) is 0 Å². The third kappa shape index (κ3) is 5.34. The molecule has 188 valence electrons. The van der Waals surface area contributed by atoms with Crippen LogP contribution in [-0.4, -0.2) is 55.5 Å². The zero-order valence-corrected chi connectivity index (χ0v) is 22.1. The van der Waals surface area contributed by atoms with Crippen LogP contribution in [0.4, 0.5) is 11.5 Å². The summed E-state index contributed by atoms with van der Waals surface area (Å²) in [5, 5.41) is 11.0. The van der Waals surface area contributed by atoms with Crippen molar-refractivity contribution in [1.82, 2.24) is 9.97 Å². The van der Waals surface area contributed by atoms with E-state index < -0.39 is 0 Å². The van der Waals surface area contributed by atoms with Crippen LogP contribution in [0.15, 0.2) is 36.4 Å². The second-order valence-electron chi connectivity index (χ2n) is 9.12. The van der Waals surface area contributed by atoms with Crippen LogP contribution in [0.2, 0.25) is 5.02 Å². The average molecular weight is 497 g/mol. The Bertz CT molecular complexity index is 1140. The van der Waals surface area contributed by atoms with Gasteiger partial charge in [-0.15, -0.1) is 0 Å². The Hall–Kier alpha value is -2.57. The summed E-state index contributed by atoms with van der Waals surface area (Å²) in [6, 6.07) is 12.4. The summed E-state index contributed by atoms with van der Waals surface area (Å²) in [6.45, 7) is 6.41. The van der Waals surface area contributed by atoms with Crippen LogP contribution in [0.3, 0.4) is 0 Å². The highest BCUT2D eigenvalue weighted by Gasteiger charge is 2.31. The normalized spacial score (nSPS) is 16.1. The van der Waals surface area contributed by atoms with E-state index in [1.165, 1.54) is 5.56 Å². The number of ether oxygens (including phenoxy) is 1. The van der Waals surface area contributed by atoms with Crippen LogP contribution in [0, 0.1) is 0 Å². The van der Waals surface area contributed by atoms with E-state index in [4.69, 9.17) is 26.3 Å². The zero-order valence-electron chi connectivity index (χ0n) is 21.3. The van der Waals surface area contributed by atoms with Crippen LogP contribution >= 0.6 is 11.6 Å². The topological polar surface area (TPSA) is 61.7 Å². The fourth-order valence-electron chi connectivity index (χ4n) is 4.90. The number of halogens is 1. The number of nitrogens with zero attached hydrogens (tertiary/aromatic N) is 4. The first-order chi connectivity index (χ1) is 17.1. The van der Waals surface area contributed by atoms with Crippen molar-refractivity contribution in [1.29, 1.82) is 0 Å². The summed E-state index contributed by atoms with van der Waals surface area (Å²) in [5.74, 6) is 3.80. The average Bonchev–Trinajstić information content (AvgIpc) is 3.75. The number of para-hydroxylation sites is 1. The molecule has 0 amide bonds. The minimum Gasteiger partial charge on any atom is -0.496 e. The Morgan fingerprint density at radius 1 is 1.03 bits per heavy atom. The lowest BCUT2D eigenvalue weighted by molar-refractivity contribution is 0.304. The molecule has 5 rings (SSSR count). The lowest BCUT2D eigenvalue weighted by atomic mass is 9.88. The molecule has 1 N–H and O–H groups in total. The molecule has 0 radical (unpaired) electrons. The number of rotatable bonds is 7. The Labute approximate surface area is 213 Å². The summed E-state index contributed by atoms with van der Waals surface area (Å²) in [4.78, 5) is 14.3. The largest absolute Gasteiger partial charge is 0.496 e. The van der Waals surface area contributed by atoms with Crippen molar-refractivity contribution < 1.29 is 9.84 Å². The highest BCUT2D eigenvalue weighted by molar-refractivity contribution is 6.39. The molecule has 0 spiro atoms. The van der Waals surface area contributed by atoms with E-state index in [9.17, 15) is 5.11 Å². The number of aliphatic hydroxyl groups is 1. The van der Waals surface area contributed by atoms with Crippen LogP contribution in [0.5, 0.6) is 5.75 Å². The monoisotopic (exact) mass is 496 g/mol. The molecule has 1 saturated heterocycles. The maximum absolute atomic E-state index is 9.39. The van der Waals surface area contributed by atoms with Crippen molar-refractivity contribution >= 4 is 34.0 Å². The maximum Gasteiger partial charge on any atom is 0.141 e. The number of aliphatic hydroxyl groups excluding tert-OH is 1. The number of piperidine rings is 1. The van der Waals surface area contributed by atoms with Gasteiger partial charge < -0.3 is 19.6 Å². The molecule has 2 aromatic carbocycles. The Balaban J connectivity index is 0.00000141. The lowest BCUT2D eigenvalue weighted by Gasteiger charge is -2.34. The molecule has 1 saturated carbocycles. The Morgan fingerprint density at radius 2 is 1.74 bits per heavy atom. The summed E-state index contributed by atoms with van der Waals surface area (Å²) < 4.78 is 5.61. The summed E-state index contributed by atoms with van der Waals surface area (Å²) in [5.41, 5.74) is 3.09. The van der Waals surface area contributed by atoms with Gasteiger partial charge in [-0.2, -0.15) is 0 Å². The van der Waals surface area contributed by atoms with E-state index >= 15 is 0 Å². The van der Waals surface area contributed by atoms with Gasteiger partial charge in [-0.05, 0) is 55.4 Å².